The molecule has 4 N–H and O–H groups in total. The van der Waals surface area contributed by atoms with Gasteiger partial charge < -0.3 is 11.5 Å². The predicted octanol–water partition coefficient (Wildman–Crippen LogP) is 0.851. The molecule has 2 saturated carbocycles. The van der Waals surface area contributed by atoms with E-state index >= 15 is 0 Å². The molecule has 2 aliphatic rings. The van der Waals surface area contributed by atoms with Crippen molar-refractivity contribution in [3.63, 3.8) is 0 Å². The van der Waals surface area contributed by atoms with Crippen molar-refractivity contribution in [1.29, 1.82) is 0 Å². The Labute approximate surface area is 68.3 Å². The molecule has 0 radical (unpaired) electrons. The summed E-state index contributed by atoms with van der Waals surface area (Å²) < 4.78 is 0. The fraction of sp³-hybridized carbons (Fsp3) is 1.00. The molecule has 64 valence electrons. The number of rotatable bonds is 0. The first kappa shape index (κ1) is 7.56. The third-order valence-electron chi connectivity index (χ3n) is 4.06. The zero-order chi connectivity index (χ0) is 8.28. The molecule has 2 bridgehead atoms. The molecule has 0 spiro atoms. The van der Waals surface area contributed by atoms with Gasteiger partial charge in [0.2, 0.25) is 0 Å². The maximum atomic E-state index is 6.19. The van der Waals surface area contributed by atoms with E-state index in [-0.39, 0.29) is 17.0 Å². The van der Waals surface area contributed by atoms with Crippen LogP contribution in [0.2, 0.25) is 0 Å². The van der Waals surface area contributed by atoms with E-state index in [9.17, 15) is 0 Å². The average molecular weight is 154 g/mol. The molecule has 2 heteroatoms. The minimum Gasteiger partial charge on any atom is -0.326 e. The Hall–Kier alpha value is -0.0800. The third kappa shape index (κ3) is 0.744. The van der Waals surface area contributed by atoms with Crippen LogP contribution in [-0.4, -0.2) is 11.6 Å². The van der Waals surface area contributed by atoms with Gasteiger partial charge in [0.25, 0.3) is 0 Å². The second-order valence-electron chi connectivity index (χ2n) is 4.97. The first-order valence-corrected chi connectivity index (χ1v) is 4.51. The van der Waals surface area contributed by atoms with Gasteiger partial charge in [0.1, 0.15) is 0 Å². The van der Waals surface area contributed by atoms with Crippen LogP contribution in [0, 0.1) is 11.3 Å². The van der Waals surface area contributed by atoms with Gasteiger partial charge in [-0.2, -0.15) is 0 Å². The summed E-state index contributed by atoms with van der Waals surface area (Å²) in [6.07, 6.45) is 3.58. The summed E-state index contributed by atoms with van der Waals surface area (Å²) in [5, 5.41) is 0. The normalized spacial score (nSPS) is 53.5. The van der Waals surface area contributed by atoms with Crippen LogP contribution in [-0.2, 0) is 0 Å². The van der Waals surface area contributed by atoms with Crippen LogP contribution >= 0.6 is 0 Å². The van der Waals surface area contributed by atoms with Crippen LogP contribution in [0.1, 0.15) is 33.1 Å². The number of nitrogens with two attached hydrogens (primary N) is 2. The molecule has 0 aromatic rings. The summed E-state index contributed by atoms with van der Waals surface area (Å²) in [6.45, 7) is 4.52. The Morgan fingerprint density at radius 1 is 1.36 bits per heavy atom. The summed E-state index contributed by atoms with van der Waals surface area (Å²) in [7, 11) is 0. The molecule has 2 nitrogen and oxygen atoms in total. The van der Waals surface area contributed by atoms with Crippen LogP contribution in [0.3, 0.4) is 0 Å². The van der Waals surface area contributed by atoms with Crippen molar-refractivity contribution in [3.05, 3.63) is 0 Å². The molecule has 0 aliphatic heterocycles. The molecule has 0 saturated heterocycles. The Bertz CT molecular complexity index is 183. The van der Waals surface area contributed by atoms with E-state index in [1.807, 2.05) is 0 Å². The highest BCUT2D eigenvalue weighted by molar-refractivity contribution is 5.16. The monoisotopic (exact) mass is 154 g/mol. The molecule has 11 heavy (non-hydrogen) atoms. The first-order chi connectivity index (χ1) is 4.97. The smallest absolute Gasteiger partial charge is 0.0316 e. The molecular formula is C9H18N2. The first-order valence-electron chi connectivity index (χ1n) is 4.51. The van der Waals surface area contributed by atoms with Gasteiger partial charge in [-0.05, 0) is 30.6 Å². The molecule has 0 aromatic heterocycles. The quantitative estimate of drug-likeness (QED) is 0.543. The molecule has 2 fully saturated rings. The fourth-order valence-electron chi connectivity index (χ4n) is 3.02. The summed E-state index contributed by atoms with van der Waals surface area (Å²) in [5.74, 6) is 0.780. The van der Waals surface area contributed by atoms with E-state index in [0.29, 0.717) is 0 Å². The van der Waals surface area contributed by atoms with E-state index in [2.05, 4.69) is 13.8 Å². The molecule has 2 rings (SSSR count). The summed E-state index contributed by atoms with van der Waals surface area (Å²) >= 11 is 0. The second kappa shape index (κ2) is 1.80. The van der Waals surface area contributed by atoms with Crippen molar-refractivity contribution < 1.29 is 0 Å². The molecule has 3 atom stereocenters. The van der Waals surface area contributed by atoms with Gasteiger partial charge >= 0.3 is 0 Å². The van der Waals surface area contributed by atoms with E-state index in [0.717, 1.165) is 18.8 Å². The van der Waals surface area contributed by atoms with Crippen LogP contribution in [0.4, 0.5) is 0 Å². The minimum atomic E-state index is -0.0197. The highest BCUT2D eigenvalue weighted by Crippen LogP contribution is 2.55. The lowest BCUT2D eigenvalue weighted by Crippen LogP contribution is -2.57. The molecule has 3 unspecified atom stereocenters. The Kier molecular flexibility index (Phi) is 1.24. The minimum absolute atomic E-state index is 0.0197. The standard InChI is InChI=1S/C9H18N2/c1-8(2)6-3-4-9(11,5-6)7(8)10/h6-7H,3-5,10-11H2,1-2H3. The summed E-state index contributed by atoms with van der Waals surface area (Å²) in [4.78, 5) is 0. The molecule has 2 aliphatic carbocycles. The average Bonchev–Trinajstić information content (AvgIpc) is 2.36. The Morgan fingerprint density at radius 3 is 2.27 bits per heavy atom. The lowest BCUT2D eigenvalue weighted by molar-refractivity contribution is 0.169. The van der Waals surface area contributed by atoms with Gasteiger partial charge in [0, 0.05) is 11.6 Å². The van der Waals surface area contributed by atoms with Crippen LogP contribution in [0.15, 0.2) is 0 Å². The third-order valence-corrected chi connectivity index (χ3v) is 4.06. The Balaban J connectivity index is 2.34. The lowest BCUT2D eigenvalue weighted by Gasteiger charge is -2.39. The lowest BCUT2D eigenvalue weighted by atomic mass is 9.71. The molecule has 0 heterocycles. The highest BCUT2D eigenvalue weighted by atomic mass is 14.9. The van der Waals surface area contributed by atoms with Crippen molar-refractivity contribution >= 4 is 0 Å². The van der Waals surface area contributed by atoms with Gasteiger partial charge in [-0.25, -0.2) is 0 Å². The van der Waals surface area contributed by atoms with Crippen LogP contribution in [0.5, 0.6) is 0 Å². The van der Waals surface area contributed by atoms with Gasteiger partial charge in [-0.1, -0.05) is 13.8 Å². The molecule has 0 amide bonds. The maximum Gasteiger partial charge on any atom is 0.0316 e. The topological polar surface area (TPSA) is 52.0 Å². The van der Waals surface area contributed by atoms with Crippen molar-refractivity contribution in [2.24, 2.45) is 22.8 Å². The van der Waals surface area contributed by atoms with Gasteiger partial charge in [-0.3, -0.25) is 0 Å². The molecule has 0 aromatic carbocycles. The zero-order valence-corrected chi connectivity index (χ0v) is 7.43. The van der Waals surface area contributed by atoms with Gasteiger partial charge in [-0.15, -0.1) is 0 Å². The number of fused-ring (bicyclic) bond motifs is 2. The van der Waals surface area contributed by atoms with Crippen LogP contribution in [0.25, 0.3) is 0 Å². The van der Waals surface area contributed by atoms with E-state index in [1.54, 1.807) is 0 Å². The van der Waals surface area contributed by atoms with Crippen molar-refractivity contribution in [1.82, 2.24) is 0 Å². The van der Waals surface area contributed by atoms with E-state index < -0.39 is 0 Å². The van der Waals surface area contributed by atoms with Crippen molar-refractivity contribution in [2.45, 2.75) is 44.7 Å². The Morgan fingerprint density at radius 2 is 2.00 bits per heavy atom. The van der Waals surface area contributed by atoms with Gasteiger partial charge in [0.05, 0.1) is 0 Å². The summed E-state index contributed by atoms with van der Waals surface area (Å²) in [6, 6.07) is 0.216. The van der Waals surface area contributed by atoms with Crippen LogP contribution < -0.4 is 11.5 Å². The maximum absolute atomic E-state index is 6.19. The number of hydrogen-bond donors (Lipinski definition) is 2. The largest absolute Gasteiger partial charge is 0.326 e. The van der Waals surface area contributed by atoms with Gasteiger partial charge in [0.15, 0.2) is 0 Å². The van der Waals surface area contributed by atoms with E-state index in [4.69, 9.17) is 11.5 Å². The zero-order valence-electron chi connectivity index (χ0n) is 7.43. The van der Waals surface area contributed by atoms with E-state index in [1.165, 1.54) is 6.42 Å². The summed E-state index contributed by atoms with van der Waals surface area (Å²) in [5.41, 5.74) is 12.6. The SMILES string of the molecule is CC1(C)C2CCC(N)(C2)C1N. The fourth-order valence-corrected chi connectivity index (χ4v) is 3.02. The highest BCUT2D eigenvalue weighted by Gasteiger charge is 2.58. The number of hydrogen-bond acceptors (Lipinski definition) is 2. The molecular weight excluding hydrogens is 136 g/mol. The van der Waals surface area contributed by atoms with Crippen molar-refractivity contribution in [2.75, 3.05) is 0 Å². The predicted molar refractivity (Wildman–Crippen MR) is 46.0 cm³/mol. The second-order valence-corrected chi connectivity index (χ2v) is 4.97. The van der Waals surface area contributed by atoms with Crippen molar-refractivity contribution in [3.8, 4) is 0 Å².